The van der Waals surface area contributed by atoms with Crippen LogP contribution in [0.4, 0.5) is 4.39 Å². The van der Waals surface area contributed by atoms with Crippen LogP contribution in [0, 0.1) is 11.7 Å². The SMILES string of the molecule is COc1ccc(C(=O)CSc2nnc(C[C@@H]3CCS(=O)(=O)C3)o2)cc1F. The molecule has 1 aromatic heterocycles. The number of thioether (sulfide) groups is 1. The van der Waals surface area contributed by atoms with Crippen molar-refractivity contribution in [1.82, 2.24) is 10.2 Å². The maximum absolute atomic E-state index is 13.7. The van der Waals surface area contributed by atoms with Crippen molar-refractivity contribution in [3.63, 3.8) is 0 Å². The van der Waals surface area contributed by atoms with Gasteiger partial charge in [0.2, 0.25) is 5.89 Å². The fourth-order valence-electron chi connectivity index (χ4n) is 2.71. The molecule has 0 N–H and O–H groups in total. The number of rotatable bonds is 7. The molecule has 0 unspecified atom stereocenters. The summed E-state index contributed by atoms with van der Waals surface area (Å²) in [4.78, 5) is 12.1. The summed E-state index contributed by atoms with van der Waals surface area (Å²) in [5.74, 6) is -0.108. The van der Waals surface area contributed by atoms with Gasteiger partial charge in [-0.15, -0.1) is 10.2 Å². The van der Waals surface area contributed by atoms with E-state index in [2.05, 4.69) is 10.2 Å². The number of ketones is 1. The van der Waals surface area contributed by atoms with E-state index in [1.807, 2.05) is 0 Å². The van der Waals surface area contributed by atoms with E-state index in [0.717, 1.165) is 17.8 Å². The lowest BCUT2D eigenvalue weighted by Gasteiger charge is -2.04. The molecule has 1 atom stereocenters. The molecule has 2 aromatic rings. The zero-order chi connectivity index (χ0) is 18.7. The zero-order valence-corrected chi connectivity index (χ0v) is 15.6. The molecule has 0 saturated carbocycles. The molecule has 0 radical (unpaired) electrons. The van der Waals surface area contributed by atoms with Gasteiger partial charge in [-0.3, -0.25) is 4.79 Å². The standard InChI is InChI=1S/C16H17FN2O5S2/c1-23-14-3-2-11(7-12(14)17)13(20)8-25-16-19-18-15(24-16)6-10-4-5-26(21,22)9-10/h2-3,7,10H,4-6,8-9H2,1H3/t10-/m0/s1. The first-order valence-electron chi connectivity index (χ1n) is 7.88. The number of hydrogen-bond donors (Lipinski definition) is 0. The van der Waals surface area contributed by atoms with E-state index in [9.17, 15) is 17.6 Å². The third-order valence-corrected chi connectivity index (χ3v) is 6.69. The van der Waals surface area contributed by atoms with Gasteiger partial charge in [0.25, 0.3) is 5.22 Å². The normalized spacial score (nSPS) is 18.8. The third-order valence-electron chi connectivity index (χ3n) is 4.04. The average Bonchev–Trinajstić information content (AvgIpc) is 3.18. The number of carbonyl (C=O) groups is 1. The molecule has 1 fully saturated rings. The summed E-state index contributed by atoms with van der Waals surface area (Å²) < 4.78 is 46.9. The van der Waals surface area contributed by atoms with E-state index in [1.54, 1.807) is 0 Å². The Labute approximate surface area is 154 Å². The van der Waals surface area contributed by atoms with Crippen LogP contribution in [0.15, 0.2) is 27.8 Å². The quantitative estimate of drug-likeness (QED) is 0.515. The van der Waals surface area contributed by atoms with Gasteiger partial charge in [0.1, 0.15) is 0 Å². The third kappa shape index (κ3) is 4.61. The molecule has 2 heterocycles. The highest BCUT2D eigenvalue weighted by atomic mass is 32.2. The molecule has 0 aliphatic carbocycles. The molecule has 3 rings (SSSR count). The Morgan fingerprint density at radius 3 is 2.88 bits per heavy atom. The largest absolute Gasteiger partial charge is 0.494 e. The highest BCUT2D eigenvalue weighted by Gasteiger charge is 2.29. The summed E-state index contributed by atoms with van der Waals surface area (Å²) in [6.45, 7) is 0. The van der Waals surface area contributed by atoms with E-state index >= 15 is 0 Å². The lowest BCUT2D eigenvalue weighted by atomic mass is 10.1. The molecule has 0 bridgehead atoms. The van der Waals surface area contributed by atoms with Crippen LogP contribution in [-0.2, 0) is 16.3 Å². The predicted octanol–water partition coefficient (Wildman–Crippen LogP) is 2.17. The van der Waals surface area contributed by atoms with E-state index in [4.69, 9.17) is 9.15 Å². The number of carbonyl (C=O) groups excluding carboxylic acids is 1. The highest BCUT2D eigenvalue weighted by molar-refractivity contribution is 7.99. The topological polar surface area (TPSA) is 99.4 Å². The smallest absolute Gasteiger partial charge is 0.277 e. The van der Waals surface area contributed by atoms with Crippen LogP contribution in [0.25, 0.3) is 0 Å². The van der Waals surface area contributed by atoms with Gasteiger partial charge < -0.3 is 9.15 Å². The Bertz CT molecular complexity index is 913. The monoisotopic (exact) mass is 400 g/mol. The lowest BCUT2D eigenvalue weighted by Crippen LogP contribution is -2.07. The van der Waals surface area contributed by atoms with Crippen molar-refractivity contribution in [3.8, 4) is 5.75 Å². The number of aromatic nitrogens is 2. The molecule has 0 amide bonds. The van der Waals surface area contributed by atoms with Gasteiger partial charge in [-0.2, -0.15) is 0 Å². The molecular formula is C16H17FN2O5S2. The van der Waals surface area contributed by atoms with Gasteiger partial charge in [0.05, 0.1) is 24.4 Å². The molecule has 7 nitrogen and oxygen atoms in total. The Balaban J connectivity index is 1.54. The van der Waals surface area contributed by atoms with Crippen molar-refractivity contribution in [2.75, 3.05) is 24.4 Å². The molecule has 0 spiro atoms. The fraction of sp³-hybridized carbons (Fsp3) is 0.438. The van der Waals surface area contributed by atoms with E-state index in [-0.39, 0.29) is 45.5 Å². The first-order valence-corrected chi connectivity index (χ1v) is 10.7. The first kappa shape index (κ1) is 18.8. The lowest BCUT2D eigenvalue weighted by molar-refractivity contribution is 0.102. The number of Topliss-reactive ketones (excluding diaryl/α,β-unsaturated/α-hetero) is 1. The van der Waals surface area contributed by atoms with Crippen molar-refractivity contribution in [2.45, 2.75) is 18.1 Å². The molecule has 10 heteroatoms. The van der Waals surface area contributed by atoms with Crippen LogP contribution in [0.5, 0.6) is 5.75 Å². The van der Waals surface area contributed by atoms with Crippen LogP contribution < -0.4 is 4.74 Å². The summed E-state index contributed by atoms with van der Waals surface area (Å²) >= 11 is 1.06. The first-order chi connectivity index (χ1) is 12.4. The summed E-state index contributed by atoms with van der Waals surface area (Å²) in [6, 6.07) is 4.01. The van der Waals surface area contributed by atoms with Crippen molar-refractivity contribution in [2.24, 2.45) is 5.92 Å². The molecule has 1 aliphatic rings. The van der Waals surface area contributed by atoms with Crippen LogP contribution in [0.3, 0.4) is 0 Å². The number of nitrogens with zero attached hydrogens (tertiary/aromatic N) is 2. The number of ether oxygens (including phenoxy) is 1. The average molecular weight is 400 g/mol. The second kappa shape index (κ2) is 7.75. The van der Waals surface area contributed by atoms with Gasteiger partial charge >= 0.3 is 0 Å². The number of methoxy groups -OCH3 is 1. The number of halogens is 1. The molecule has 1 saturated heterocycles. The van der Waals surface area contributed by atoms with Crippen LogP contribution in [0.2, 0.25) is 0 Å². The summed E-state index contributed by atoms with van der Waals surface area (Å²) in [6.07, 6.45) is 0.999. The van der Waals surface area contributed by atoms with Gasteiger partial charge in [-0.05, 0) is 30.5 Å². The highest BCUT2D eigenvalue weighted by Crippen LogP contribution is 2.25. The van der Waals surface area contributed by atoms with Crippen LogP contribution in [0.1, 0.15) is 22.7 Å². The Morgan fingerprint density at radius 2 is 2.23 bits per heavy atom. The van der Waals surface area contributed by atoms with Gasteiger partial charge in [0, 0.05) is 12.0 Å². The summed E-state index contributed by atoms with van der Waals surface area (Å²) in [5, 5.41) is 7.98. The van der Waals surface area contributed by atoms with Gasteiger partial charge in [0.15, 0.2) is 27.2 Å². The second-order valence-electron chi connectivity index (χ2n) is 6.00. The van der Waals surface area contributed by atoms with E-state index in [1.165, 1.54) is 19.2 Å². The van der Waals surface area contributed by atoms with Gasteiger partial charge in [-0.1, -0.05) is 11.8 Å². The minimum absolute atomic E-state index is 0.0118. The molecule has 26 heavy (non-hydrogen) atoms. The minimum Gasteiger partial charge on any atom is -0.494 e. The number of hydrogen-bond acceptors (Lipinski definition) is 8. The predicted molar refractivity (Wildman–Crippen MR) is 92.8 cm³/mol. The molecule has 140 valence electrons. The molecular weight excluding hydrogens is 383 g/mol. The maximum atomic E-state index is 13.7. The maximum Gasteiger partial charge on any atom is 0.277 e. The second-order valence-corrected chi connectivity index (χ2v) is 9.15. The van der Waals surface area contributed by atoms with E-state index in [0.29, 0.717) is 18.7 Å². The van der Waals surface area contributed by atoms with Crippen LogP contribution >= 0.6 is 11.8 Å². The Kier molecular flexibility index (Phi) is 5.61. The van der Waals surface area contributed by atoms with Crippen LogP contribution in [-0.4, -0.2) is 48.8 Å². The number of benzene rings is 1. The van der Waals surface area contributed by atoms with Crippen molar-refractivity contribution < 1.29 is 26.8 Å². The van der Waals surface area contributed by atoms with Crippen molar-refractivity contribution in [1.29, 1.82) is 0 Å². The van der Waals surface area contributed by atoms with E-state index < -0.39 is 15.7 Å². The molecule has 1 aliphatic heterocycles. The summed E-state index contributed by atoms with van der Waals surface area (Å²) in [7, 11) is -1.60. The number of sulfone groups is 1. The summed E-state index contributed by atoms with van der Waals surface area (Å²) in [5.41, 5.74) is 0.228. The molecule has 1 aromatic carbocycles. The fourth-order valence-corrected chi connectivity index (χ4v) is 5.25. The Morgan fingerprint density at radius 1 is 1.42 bits per heavy atom. The Hall–Kier alpha value is -1.94. The zero-order valence-electron chi connectivity index (χ0n) is 14.0. The van der Waals surface area contributed by atoms with Crippen molar-refractivity contribution >= 4 is 27.4 Å². The van der Waals surface area contributed by atoms with Crippen molar-refractivity contribution in [3.05, 3.63) is 35.5 Å². The van der Waals surface area contributed by atoms with Gasteiger partial charge in [-0.25, -0.2) is 12.8 Å². The minimum atomic E-state index is -2.95.